The number of halogens is 2. The molecule has 2 aromatic carbocycles. The molecule has 2 rings (SSSR count). The van der Waals surface area contributed by atoms with Crippen LogP contribution in [0, 0.1) is 6.07 Å². The van der Waals surface area contributed by atoms with E-state index in [0.29, 0.717) is 15.7 Å². The maximum Gasteiger partial charge on any atom is 0.0491 e. The summed E-state index contributed by atoms with van der Waals surface area (Å²) in [5.74, 6) is 0. The van der Waals surface area contributed by atoms with E-state index in [9.17, 15) is 0 Å². The fraction of sp³-hybridized carbons (Fsp3) is 0. The zero-order valence-electron chi connectivity index (χ0n) is 7.80. The van der Waals surface area contributed by atoms with Gasteiger partial charge in [-0.05, 0) is 30.3 Å². The topological polar surface area (TPSA) is 26.0 Å². The molecule has 0 atom stereocenters. The van der Waals surface area contributed by atoms with Crippen LogP contribution in [0.2, 0.25) is 10.0 Å². The van der Waals surface area contributed by atoms with Gasteiger partial charge in [-0.2, -0.15) is 0 Å². The second-order valence-corrected chi connectivity index (χ2v) is 3.98. The van der Waals surface area contributed by atoms with Gasteiger partial charge in [-0.3, -0.25) is 0 Å². The third-order valence-electron chi connectivity index (χ3n) is 2.12. The molecular weight excluding hydrogens is 229 g/mol. The van der Waals surface area contributed by atoms with Gasteiger partial charge in [-0.15, -0.1) is 0 Å². The van der Waals surface area contributed by atoms with E-state index in [2.05, 4.69) is 6.07 Å². The summed E-state index contributed by atoms with van der Waals surface area (Å²) in [6, 6.07) is 13.6. The predicted octanol–water partition coefficient (Wildman–Crippen LogP) is 4.04. The number of hydrogen-bond acceptors (Lipinski definition) is 1. The van der Waals surface area contributed by atoms with Crippen molar-refractivity contribution in [1.29, 1.82) is 0 Å². The lowest BCUT2D eigenvalue weighted by Crippen LogP contribution is -1.90. The third kappa shape index (κ3) is 2.09. The van der Waals surface area contributed by atoms with Gasteiger partial charge in [-0.1, -0.05) is 35.3 Å². The molecule has 0 heterocycles. The van der Waals surface area contributed by atoms with Gasteiger partial charge >= 0.3 is 0 Å². The summed E-state index contributed by atoms with van der Waals surface area (Å²) in [5, 5.41) is 1.26. The molecule has 2 aromatic rings. The highest BCUT2D eigenvalue weighted by Gasteiger charge is 2.06. The van der Waals surface area contributed by atoms with E-state index in [1.807, 2.05) is 6.07 Å². The predicted molar refractivity (Wildman–Crippen MR) is 65.1 cm³/mol. The first-order valence-corrected chi connectivity index (χ1v) is 5.15. The summed E-state index contributed by atoms with van der Waals surface area (Å²) in [6.45, 7) is 0. The maximum atomic E-state index is 6.05. The fourth-order valence-corrected chi connectivity index (χ4v) is 1.79. The van der Waals surface area contributed by atoms with Crippen molar-refractivity contribution in [3.8, 4) is 11.1 Å². The molecule has 0 saturated heterocycles. The Kier molecular flexibility index (Phi) is 2.85. The Morgan fingerprint density at radius 2 is 1.87 bits per heavy atom. The average Bonchev–Trinajstić information content (AvgIpc) is 2.23. The molecule has 3 heteroatoms. The maximum absolute atomic E-state index is 6.05. The van der Waals surface area contributed by atoms with E-state index >= 15 is 0 Å². The van der Waals surface area contributed by atoms with E-state index < -0.39 is 0 Å². The van der Waals surface area contributed by atoms with Crippen LogP contribution in [0.25, 0.3) is 11.1 Å². The van der Waals surface area contributed by atoms with Gasteiger partial charge in [0.2, 0.25) is 0 Å². The fourth-order valence-electron chi connectivity index (χ4n) is 1.39. The Morgan fingerprint density at radius 3 is 2.60 bits per heavy atom. The lowest BCUT2D eigenvalue weighted by atomic mass is 10.0. The van der Waals surface area contributed by atoms with Crippen LogP contribution in [0.3, 0.4) is 0 Å². The van der Waals surface area contributed by atoms with Crippen molar-refractivity contribution >= 4 is 28.9 Å². The van der Waals surface area contributed by atoms with Crippen molar-refractivity contribution in [2.24, 2.45) is 0 Å². The minimum Gasteiger partial charge on any atom is -0.398 e. The summed E-state index contributed by atoms with van der Waals surface area (Å²) in [5.41, 5.74) is 8.24. The van der Waals surface area contributed by atoms with Crippen molar-refractivity contribution in [2.75, 3.05) is 5.73 Å². The van der Waals surface area contributed by atoms with Crippen LogP contribution in [0.1, 0.15) is 0 Å². The van der Waals surface area contributed by atoms with E-state index in [-0.39, 0.29) is 0 Å². The quantitative estimate of drug-likeness (QED) is 0.744. The van der Waals surface area contributed by atoms with Crippen molar-refractivity contribution in [3.63, 3.8) is 0 Å². The standard InChI is InChI=1S/C12H8Cl2N/c13-8-5-6-12(15)10(7-8)9-3-1-2-4-11(9)14/h1,3-7H,15H2. The first kappa shape index (κ1) is 10.3. The molecule has 2 N–H and O–H groups in total. The van der Waals surface area contributed by atoms with Gasteiger partial charge in [0, 0.05) is 26.9 Å². The van der Waals surface area contributed by atoms with E-state index in [0.717, 1.165) is 11.1 Å². The Morgan fingerprint density at radius 1 is 1.07 bits per heavy atom. The molecule has 0 fully saturated rings. The van der Waals surface area contributed by atoms with Gasteiger partial charge in [0.25, 0.3) is 0 Å². The molecule has 0 unspecified atom stereocenters. The van der Waals surface area contributed by atoms with Crippen LogP contribution in [-0.2, 0) is 0 Å². The molecule has 1 nitrogen and oxygen atoms in total. The Bertz CT molecular complexity index is 495. The Labute approximate surface area is 98.4 Å². The van der Waals surface area contributed by atoms with Gasteiger partial charge < -0.3 is 5.73 Å². The minimum absolute atomic E-state index is 0.617. The van der Waals surface area contributed by atoms with E-state index in [4.69, 9.17) is 28.9 Å². The zero-order chi connectivity index (χ0) is 10.8. The average molecular weight is 237 g/mol. The van der Waals surface area contributed by atoms with E-state index in [1.165, 1.54) is 0 Å². The number of anilines is 1. The number of hydrogen-bond donors (Lipinski definition) is 1. The highest BCUT2D eigenvalue weighted by molar-refractivity contribution is 6.34. The Balaban J connectivity index is 2.64. The lowest BCUT2D eigenvalue weighted by molar-refractivity contribution is 1.60. The third-order valence-corrected chi connectivity index (χ3v) is 2.67. The Hall–Kier alpha value is -1.18. The SMILES string of the molecule is Nc1ccc(Cl)cc1-c1cc[c]cc1Cl. The molecule has 0 amide bonds. The lowest BCUT2D eigenvalue weighted by Gasteiger charge is -2.07. The molecule has 1 radical (unpaired) electrons. The van der Waals surface area contributed by atoms with Crippen molar-refractivity contribution in [3.05, 3.63) is 52.5 Å². The van der Waals surface area contributed by atoms with Gasteiger partial charge in [0.15, 0.2) is 0 Å². The molecule has 15 heavy (non-hydrogen) atoms. The van der Waals surface area contributed by atoms with Crippen molar-refractivity contribution in [2.45, 2.75) is 0 Å². The van der Waals surface area contributed by atoms with Crippen LogP contribution < -0.4 is 5.73 Å². The normalized spacial score (nSPS) is 10.3. The first-order valence-electron chi connectivity index (χ1n) is 4.39. The van der Waals surface area contributed by atoms with Crippen LogP contribution in [0.15, 0.2) is 36.4 Å². The summed E-state index contributed by atoms with van der Waals surface area (Å²) < 4.78 is 0. The number of benzene rings is 2. The van der Waals surface area contributed by atoms with Crippen LogP contribution in [0.4, 0.5) is 5.69 Å². The minimum atomic E-state index is 0.617. The second-order valence-electron chi connectivity index (χ2n) is 3.14. The van der Waals surface area contributed by atoms with Gasteiger partial charge in [-0.25, -0.2) is 0 Å². The van der Waals surface area contributed by atoms with Crippen molar-refractivity contribution in [1.82, 2.24) is 0 Å². The number of nitrogens with two attached hydrogens (primary N) is 1. The summed E-state index contributed by atoms with van der Waals surface area (Å²) in [4.78, 5) is 0. The molecule has 0 bridgehead atoms. The molecular formula is C12H8Cl2N. The summed E-state index contributed by atoms with van der Waals surface area (Å²) in [7, 11) is 0. The molecule has 0 aromatic heterocycles. The second kappa shape index (κ2) is 4.13. The molecule has 0 spiro atoms. The van der Waals surface area contributed by atoms with E-state index in [1.54, 1.807) is 30.3 Å². The highest BCUT2D eigenvalue weighted by atomic mass is 35.5. The zero-order valence-corrected chi connectivity index (χ0v) is 9.31. The molecule has 0 aliphatic heterocycles. The summed E-state index contributed by atoms with van der Waals surface area (Å²) in [6.07, 6.45) is 0. The molecule has 0 saturated carbocycles. The van der Waals surface area contributed by atoms with Crippen LogP contribution in [-0.4, -0.2) is 0 Å². The number of nitrogen functional groups attached to an aromatic ring is 1. The molecule has 0 aliphatic carbocycles. The molecule has 75 valence electrons. The highest BCUT2D eigenvalue weighted by Crippen LogP contribution is 2.33. The van der Waals surface area contributed by atoms with Gasteiger partial charge in [0.1, 0.15) is 0 Å². The van der Waals surface area contributed by atoms with Crippen LogP contribution >= 0.6 is 23.2 Å². The largest absolute Gasteiger partial charge is 0.398 e. The van der Waals surface area contributed by atoms with Crippen molar-refractivity contribution < 1.29 is 0 Å². The smallest absolute Gasteiger partial charge is 0.0491 e. The van der Waals surface area contributed by atoms with Crippen LogP contribution in [0.5, 0.6) is 0 Å². The first-order chi connectivity index (χ1) is 7.18. The monoisotopic (exact) mass is 236 g/mol. The summed E-state index contributed by atoms with van der Waals surface area (Å²) >= 11 is 12.0. The number of rotatable bonds is 1. The molecule has 0 aliphatic rings. The van der Waals surface area contributed by atoms with Gasteiger partial charge in [0.05, 0.1) is 0 Å².